The van der Waals surface area contributed by atoms with E-state index in [-0.39, 0.29) is 0 Å². The average Bonchev–Trinajstić information content (AvgIpc) is 3.49. The molecule has 154 valence electrons. The molecule has 0 bridgehead atoms. The van der Waals surface area contributed by atoms with Crippen LogP contribution in [0.1, 0.15) is 73.9 Å². The molecule has 1 aliphatic carbocycles. The van der Waals surface area contributed by atoms with Gasteiger partial charge in [0.15, 0.2) is 0 Å². The van der Waals surface area contributed by atoms with Gasteiger partial charge in [-0.05, 0) is 68.7 Å². The highest BCUT2D eigenvalue weighted by molar-refractivity contribution is 5.70. The predicted octanol–water partition coefficient (Wildman–Crippen LogP) is 5.73. The van der Waals surface area contributed by atoms with Crippen molar-refractivity contribution < 1.29 is 34.0 Å². The fraction of sp³-hybridized carbons (Fsp3) is 0.375. The molecule has 0 spiro atoms. The Morgan fingerprint density at radius 3 is 3.27 bits per heavy atom. The molecule has 0 amide bonds. The number of aromatic nitrogens is 2. The van der Waals surface area contributed by atoms with Gasteiger partial charge < -0.3 is 14.6 Å². The molecule has 30 heavy (non-hydrogen) atoms. The molecule has 0 aliphatic heterocycles. The molecule has 1 heterocycles. The number of nitrogens with one attached hydrogen (secondary N) is 1. The van der Waals surface area contributed by atoms with Crippen LogP contribution in [-0.2, 0) is 6.37 Å². The molecule has 4 rings (SSSR count). The number of nitrogens with zero attached hydrogens (tertiary/aromatic N) is 3. The van der Waals surface area contributed by atoms with E-state index in [4.69, 9.17) is 40.5 Å². The van der Waals surface area contributed by atoms with Crippen LogP contribution in [0, 0.1) is 6.57 Å². The highest BCUT2D eigenvalue weighted by Crippen LogP contribution is 2.38. The number of hydrogen-bond acceptors (Lipinski definition) is 5. The third-order valence-corrected chi connectivity index (χ3v) is 3.71. The summed E-state index contributed by atoms with van der Waals surface area (Å²) in [5, 5.41) is 3.11. The smallest absolute Gasteiger partial charge is 0.256 e. The Bertz CT molecular complexity index is 1860. The van der Waals surface area contributed by atoms with Crippen molar-refractivity contribution in [1.82, 2.24) is 15.5 Å². The van der Waals surface area contributed by atoms with Crippen LogP contribution in [0.25, 0.3) is 27.7 Å². The van der Waals surface area contributed by atoms with Gasteiger partial charge in [0.25, 0.3) is 5.89 Å². The third-order valence-electron chi connectivity index (χ3n) is 3.71. The highest BCUT2D eigenvalue weighted by atomic mass is 16.5. The lowest BCUT2D eigenvalue weighted by Crippen LogP contribution is -2.19. The van der Waals surface area contributed by atoms with E-state index in [0.717, 1.165) is 0 Å². The molecule has 0 saturated carbocycles. The van der Waals surface area contributed by atoms with E-state index in [1.165, 1.54) is 13.8 Å². The van der Waals surface area contributed by atoms with Crippen LogP contribution >= 0.6 is 0 Å². The number of hydrogen-bond donors (Lipinski definition) is 1. The van der Waals surface area contributed by atoms with Gasteiger partial charge in [0.1, 0.15) is 7.16 Å². The van der Waals surface area contributed by atoms with Gasteiger partial charge in [-0.1, -0.05) is 30.2 Å². The summed E-state index contributed by atoms with van der Waals surface area (Å²) in [4.78, 5) is 7.18. The van der Waals surface area contributed by atoms with Gasteiger partial charge in [-0.3, -0.25) is 0 Å². The summed E-state index contributed by atoms with van der Waals surface area (Å²) in [7, 11) is 0. The zero-order valence-corrected chi connectivity index (χ0v) is 15.8. The molecule has 0 radical (unpaired) electrons. The first-order chi connectivity index (χ1) is 21.7. The van der Waals surface area contributed by atoms with Crippen LogP contribution in [0.15, 0.2) is 40.8 Å². The fourth-order valence-electron chi connectivity index (χ4n) is 2.52. The van der Waals surface area contributed by atoms with E-state index < -0.39 is 132 Å². The maximum absolute atomic E-state index is 9.05. The van der Waals surface area contributed by atoms with Gasteiger partial charge >= 0.3 is 0 Å². The maximum atomic E-state index is 9.05. The summed E-state index contributed by atoms with van der Waals surface area (Å²) in [6.07, 6.45) is -12.1. The van der Waals surface area contributed by atoms with Crippen molar-refractivity contribution in [2.75, 3.05) is 6.50 Å². The Balaban J connectivity index is 2.06. The van der Waals surface area contributed by atoms with Crippen LogP contribution in [0.5, 0.6) is 5.75 Å². The van der Waals surface area contributed by atoms with Crippen LogP contribution in [-0.4, -0.2) is 22.7 Å². The fourth-order valence-corrected chi connectivity index (χ4v) is 2.52. The summed E-state index contributed by atoms with van der Waals surface area (Å²) < 4.78 is 161. The van der Waals surface area contributed by atoms with Gasteiger partial charge in [0, 0.05) is 30.9 Å². The molecule has 2 aromatic carbocycles. The van der Waals surface area contributed by atoms with Crippen molar-refractivity contribution >= 4 is 5.69 Å². The van der Waals surface area contributed by atoms with Gasteiger partial charge in [-0.25, -0.2) is 4.85 Å². The van der Waals surface area contributed by atoms with E-state index in [9.17, 15) is 0 Å². The minimum atomic E-state index is -3.71. The number of fused-ring (bicyclic) bond motifs is 1. The lowest BCUT2D eigenvalue weighted by atomic mass is 10.0. The second-order valence-electron chi connectivity index (χ2n) is 5.97. The van der Waals surface area contributed by atoms with E-state index in [1.54, 1.807) is 0 Å². The number of ether oxygens (including phenoxy) is 1. The first kappa shape index (κ1) is 7.82. The van der Waals surface area contributed by atoms with Gasteiger partial charge in [-0.15, -0.1) is 0 Å². The molecule has 6 nitrogen and oxygen atoms in total. The Morgan fingerprint density at radius 2 is 2.47 bits per heavy atom. The third kappa shape index (κ3) is 3.94. The molecule has 3 aromatic rings. The molecule has 0 saturated heterocycles. The molecule has 6 heteroatoms. The van der Waals surface area contributed by atoms with Gasteiger partial charge in [0.2, 0.25) is 11.5 Å². The van der Waals surface area contributed by atoms with E-state index in [2.05, 4.69) is 15.0 Å². The monoisotopic (exact) mass is 420 g/mol. The van der Waals surface area contributed by atoms with Crippen molar-refractivity contribution in [2.24, 2.45) is 0 Å². The maximum Gasteiger partial charge on any atom is 0.256 e. The highest BCUT2D eigenvalue weighted by Gasteiger charge is 2.26. The SMILES string of the molecule is [2H]CC([2H])([2H])C([2H])([2H])N([2H])[C@]1([2H])c2c([2H])c([2H])c([2H])c(-c3noc(-c4c([2H])c([2H])c(OC([2H])(C)C)c([N+]#[C-])c4[2H])n3)c2C([2H])([2H])C1([2H])[2H]. The van der Waals surface area contributed by atoms with E-state index >= 15 is 0 Å². The Labute approximate surface area is 202 Å². The lowest BCUT2D eigenvalue weighted by Gasteiger charge is -2.13. The van der Waals surface area contributed by atoms with Crippen molar-refractivity contribution in [2.45, 2.75) is 52.0 Å². The Kier molecular flexibility index (Phi) is 2.26. The average molecular weight is 421 g/mol. The minimum absolute atomic E-state index is 0.535. The van der Waals surface area contributed by atoms with E-state index in [0.29, 0.717) is 0 Å². The van der Waals surface area contributed by atoms with Crippen LogP contribution < -0.4 is 10.0 Å². The number of rotatable bonds is 7. The zero-order valence-electron chi connectivity index (χ0n) is 33.8. The van der Waals surface area contributed by atoms with Crippen LogP contribution in [0.2, 0.25) is 1.41 Å². The van der Waals surface area contributed by atoms with Crippen LogP contribution in [0.4, 0.5) is 5.69 Å². The van der Waals surface area contributed by atoms with Crippen molar-refractivity contribution in [3.8, 4) is 28.6 Å². The second kappa shape index (κ2) is 8.68. The largest absolute Gasteiger partial charge is 0.502 e. The van der Waals surface area contributed by atoms with Crippen molar-refractivity contribution in [1.29, 1.82) is 0 Å². The summed E-state index contributed by atoms with van der Waals surface area (Å²) in [6.45, 7) is 5.15. The summed E-state index contributed by atoms with van der Waals surface area (Å²) in [6, 6.07) is -9.07. The Hall–Kier alpha value is -3.17. The molecule has 1 aliphatic rings. The Morgan fingerprint density at radius 1 is 1.57 bits per heavy atom. The molecular weight excluding hydrogens is 376 g/mol. The van der Waals surface area contributed by atoms with Gasteiger partial charge in [0.05, 0.1) is 22.2 Å². The predicted molar refractivity (Wildman–Crippen MR) is 117 cm³/mol. The molecule has 1 atom stereocenters. The van der Waals surface area contributed by atoms with Gasteiger partial charge in [-0.2, -0.15) is 4.98 Å². The molecular formula is C24H26N4O2. The van der Waals surface area contributed by atoms with E-state index in [1.807, 2.05) is 0 Å². The first-order valence-electron chi connectivity index (χ1n) is 17.6. The quantitative estimate of drug-likeness (QED) is 0.495. The summed E-state index contributed by atoms with van der Waals surface area (Å²) in [5.74, 6) is -2.08. The first-order valence-corrected chi connectivity index (χ1v) is 8.46. The second-order valence-corrected chi connectivity index (χ2v) is 5.97. The molecule has 0 fully saturated rings. The lowest BCUT2D eigenvalue weighted by molar-refractivity contribution is 0.244. The van der Waals surface area contributed by atoms with Crippen LogP contribution in [0.3, 0.4) is 0 Å². The van der Waals surface area contributed by atoms with Crippen molar-refractivity contribution in [3.05, 3.63) is 58.8 Å². The summed E-state index contributed by atoms with van der Waals surface area (Å²) in [5.41, 5.74) is -4.18. The minimum Gasteiger partial charge on any atom is -0.502 e. The number of benzene rings is 2. The zero-order chi connectivity index (χ0) is 36.9. The molecule has 0 unspecified atom stereocenters. The van der Waals surface area contributed by atoms with Crippen molar-refractivity contribution in [3.63, 3.8) is 0 Å². The normalized spacial score (nSPS) is 31.1. The topological polar surface area (TPSA) is 64.5 Å². The molecule has 1 N–H and O–H groups in total. The summed E-state index contributed by atoms with van der Waals surface area (Å²) >= 11 is 0. The standard InChI is InChI=1S/C24H26N4O2/c1-5-13-26-20-11-10-17-18(20)7-6-8-19(17)23-27-24(30-28-23)16-9-12-22(29-15(2)3)21(14-16)25-4/h6-9,12,14-15,20,26H,5,10-11,13H2,1-3H3/t20-/m0/s1/i1D,5D2,6D,7D,8D,9D,10D2,11D2,12D,13D2,14D,15D,20D/hD. The molecule has 1 aromatic heterocycles.